The molecule has 0 aromatic heterocycles. The number of hydrogen-bond acceptors (Lipinski definition) is 5. The number of ketones is 1. The molecule has 0 saturated carbocycles. The van der Waals surface area contributed by atoms with Crippen LogP contribution in [-0.2, 0) is 0 Å². The Balaban J connectivity index is 1.71. The van der Waals surface area contributed by atoms with E-state index in [4.69, 9.17) is 9.47 Å². The molecule has 0 unspecified atom stereocenters. The van der Waals surface area contributed by atoms with Crippen molar-refractivity contribution in [3.63, 3.8) is 0 Å². The Hall–Kier alpha value is -2.37. The first kappa shape index (κ1) is 20.9. The number of Topliss-reactive ketones (excluding diaryl/α,β-unsaturated/α-hetero) is 1. The molecular formula is C22H29NO4. The Morgan fingerprint density at radius 2 is 1.78 bits per heavy atom. The van der Waals surface area contributed by atoms with Gasteiger partial charge in [-0.25, -0.2) is 0 Å². The summed E-state index contributed by atoms with van der Waals surface area (Å²) >= 11 is 0. The number of benzene rings is 2. The molecule has 0 bridgehead atoms. The van der Waals surface area contributed by atoms with Crippen molar-refractivity contribution in [2.45, 2.75) is 26.9 Å². The number of aryl methyl sites for hydroxylation is 2. The molecule has 1 N–H and O–H groups in total. The second-order valence-corrected chi connectivity index (χ2v) is 6.98. The zero-order chi connectivity index (χ0) is 19.8. The number of aliphatic hydroxyl groups excluding tert-OH is 1. The molecule has 5 heteroatoms. The van der Waals surface area contributed by atoms with Crippen LogP contribution < -0.4 is 9.47 Å². The predicted molar refractivity (Wildman–Crippen MR) is 107 cm³/mol. The highest BCUT2D eigenvalue weighted by atomic mass is 16.5. The van der Waals surface area contributed by atoms with Crippen molar-refractivity contribution in [1.29, 1.82) is 0 Å². The standard InChI is InChI=1S/C22H29NO4/c1-16-10-17(2)12-22(11-16)26-9-8-23(4)14-20(25)15-27-21-7-5-6-19(13-21)18(3)24/h5-7,10-13,20,25H,8-9,14-15H2,1-4H3/t20-/m0/s1. The van der Waals surface area contributed by atoms with Gasteiger partial charge in [0.2, 0.25) is 0 Å². The molecule has 0 amide bonds. The molecule has 2 rings (SSSR count). The number of likely N-dealkylation sites (N-methyl/N-ethyl adjacent to an activating group) is 1. The van der Waals surface area contributed by atoms with Crippen molar-refractivity contribution in [2.75, 3.05) is 33.4 Å². The number of carbonyl (C=O) groups excluding carboxylic acids is 1. The summed E-state index contributed by atoms with van der Waals surface area (Å²) < 4.78 is 11.4. The average Bonchev–Trinajstić information content (AvgIpc) is 2.59. The van der Waals surface area contributed by atoms with Crippen molar-refractivity contribution in [1.82, 2.24) is 4.90 Å². The molecule has 0 spiro atoms. The van der Waals surface area contributed by atoms with Crippen LogP contribution >= 0.6 is 0 Å². The molecule has 5 nitrogen and oxygen atoms in total. The van der Waals surface area contributed by atoms with Crippen LogP contribution in [-0.4, -0.2) is 55.2 Å². The van der Waals surface area contributed by atoms with Gasteiger partial charge in [0.05, 0.1) is 0 Å². The zero-order valence-corrected chi connectivity index (χ0v) is 16.6. The topological polar surface area (TPSA) is 59.0 Å². The third kappa shape index (κ3) is 7.41. The SMILES string of the molecule is CC(=O)c1cccc(OC[C@@H](O)CN(C)CCOc2cc(C)cc(C)c2)c1. The van der Waals surface area contributed by atoms with E-state index in [2.05, 4.69) is 19.9 Å². The Kier molecular flexibility index (Phi) is 7.82. The minimum Gasteiger partial charge on any atom is -0.492 e. The fraction of sp³-hybridized carbons (Fsp3) is 0.409. The van der Waals surface area contributed by atoms with Gasteiger partial charge in [-0.2, -0.15) is 0 Å². The first-order valence-corrected chi connectivity index (χ1v) is 9.15. The van der Waals surface area contributed by atoms with Crippen LogP contribution in [0.25, 0.3) is 0 Å². The van der Waals surface area contributed by atoms with Crippen LogP contribution in [0.3, 0.4) is 0 Å². The zero-order valence-electron chi connectivity index (χ0n) is 16.6. The van der Waals surface area contributed by atoms with Crippen molar-refractivity contribution < 1.29 is 19.4 Å². The lowest BCUT2D eigenvalue weighted by Crippen LogP contribution is -2.35. The Morgan fingerprint density at radius 3 is 2.44 bits per heavy atom. The normalized spacial score (nSPS) is 12.1. The molecular weight excluding hydrogens is 342 g/mol. The van der Waals surface area contributed by atoms with Crippen LogP contribution in [0.1, 0.15) is 28.4 Å². The lowest BCUT2D eigenvalue weighted by molar-refractivity contribution is 0.0722. The van der Waals surface area contributed by atoms with Gasteiger partial charge in [0, 0.05) is 18.7 Å². The summed E-state index contributed by atoms with van der Waals surface area (Å²) in [5.41, 5.74) is 2.96. The van der Waals surface area contributed by atoms with E-state index in [0.717, 1.165) is 5.75 Å². The molecule has 27 heavy (non-hydrogen) atoms. The van der Waals surface area contributed by atoms with E-state index in [1.54, 1.807) is 24.3 Å². The maximum atomic E-state index is 11.4. The molecule has 0 aliphatic rings. The summed E-state index contributed by atoms with van der Waals surface area (Å²) in [4.78, 5) is 13.4. The minimum atomic E-state index is -0.628. The van der Waals surface area contributed by atoms with E-state index in [0.29, 0.717) is 31.0 Å². The highest BCUT2D eigenvalue weighted by Crippen LogP contribution is 2.16. The molecule has 0 fully saturated rings. The molecule has 0 aliphatic heterocycles. The molecule has 1 atom stereocenters. The molecule has 146 valence electrons. The number of carbonyl (C=O) groups is 1. The quantitative estimate of drug-likeness (QED) is 0.650. The molecule has 2 aromatic rings. The van der Waals surface area contributed by atoms with Gasteiger partial charge in [-0.3, -0.25) is 4.79 Å². The van der Waals surface area contributed by atoms with Crippen molar-refractivity contribution in [2.24, 2.45) is 0 Å². The predicted octanol–water partition coefficient (Wildman–Crippen LogP) is 3.26. The maximum Gasteiger partial charge on any atom is 0.159 e. The van der Waals surface area contributed by atoms with Crippen molar-refractivity contribution in [3.05, 3.63) is 59.2 Å². The van der Waals surface area contributed by atoms with E-state index < -0.39 is 6.10 Å². The van der Waals surface area contributed by atoms with Gasteiger partial charge in [-0.05, 0) is 63.2 Å². The monoisotopic (exact) mass is 371 g/mol. The van der Waals surface area contributed by atoms with Gasteiger partial charge in [-0.1, -0.05) is 18.2 Å². The van der Waals surface area contributed by atoms with Gasteiger partial charge in [-0.15, -0.1) is 0 Å². The minimum absolute atomic E-state index is 0.00969. The molecule has 2 aromatic carbocycles. The molecule has 0 saturated heterocycles. The van der Waals surface area contributed by atoms with Gasteiger partial charge >= 0.3 is 0 Å². The van der Waals surface area contributed by atoms with Gasteiger partial charge in [0.25, 0.3) is 0 Å². The van der Waals surface area contributed by atoms with Crippen molar-refractivity contribution in [3.8, 4) is 11.5 Å². The summed E-state index contributed by atoms with van der Waals surface area (Å²) in [5.74, 6) is 1.45. The third-order valence-corrected chi connectivity index (χ3v) is 4.14. The van der Waals surface area contributed by atoms with E-state index in [9.17, 15) is 9.90 Å². The van der Waals surface area contributed by atoms with E-state index >= 15 is 0 Å². The summed E-state index contributed by atoms with van der Waals surface area (Å²) in [6.45, 7) is 7.51. The largest absolute Gasteiger partial charge is 0.492 e. The lowest BCUT2D eigenvalue weighted by atomic mass is 10.1. The number of nitrogens with zero attached hydrogens (tertiary/aromatic N) is 1. The second-order valence-electron chi connectivity index (χ2n) is 6.98. The van der Waals surface area contributed by atoms with E-state index in [1.807, 2.05) is 24.1 Å². The number of aliphatic hydroxyl groups is 1. The summed E-state index contributed by atoms with van der Waals surface area (Å²) in [6, 6.07) is 13.1. The van der Waals surface area contributed by atoms with Crippen LogP contribution in [0.2, 0.25) is 0 Å². The summed E-state index contributed by atoms with van der Waals surface area (Å²) in [6.07, 6.45) is -0.628. The van der Waals surface area contributed by atoms with Crippen LogP contribution in [0, 0.1) is 13.8 Å². The number of ether oxygens (including phenoxy) is 2. The van der Waals surface area contributed by atoms with Crippen LogP contribution in [0.5, 0.6) is 11.5 Å². The maximum absolute atomic E-state index is 11.4. The van der Waals surface area contributed by atoms with Gasteiger partial charge in [0.1, 0.15) is 30.8 Å². The molecule has 0 heterocycles. The molecule has 0 radical (unpaired) electrons. The van der Waals surface area contributed by atoms with Crippen molar-refractivity contribution >= 4 is 5.78 Å². The lowest BCUT2D eigenvalue weighted by Gasteiger charge is -2.21. The fourth-order valence-corrected chi connectivity index (χ4v) is 2.84. The Labute approximate surface area is 161 Å². The first-order chi connectivity index (χ1) is 12.8. The highest BCUT2D eigenvalue weighted by molar-refractivity contribution is 5.94. The van der Waals surface area contributed by atoms with E-state index in [1.165, 1.54) is 18.1 Å². The van der Waals surface area contributed by atoms with Gasteiger partial charge in [0.15, 0.2) is 5.78 Å². The third-order valence-electron chi connectivity index (χ3n) is 4.14. The number of hydrogen-bond donors (Lipinski definition) is 1. The highest BCUT2D eigenvalue weighted by Gasteiger charge is 2.10. The smallest absolute Gasteiger partial charge is 0.159 e. The Morgan fingerprint density at radius 1 is 1.07 bits per heavy atom. The van der Waals surface area contributed by atoms with Crippen LogP contribution in [0.15, 0.2) is 42.5 Å². The summed E-state index contributed by atoms with van der Waals surface area (Å²) in [5, 5.41) is 10.2. The Bertz CT molecular complexity index is 739. The number of rotatable bonds is 10. The first-order valence-electron chi connectivity index (χ1n) is 9.15. The van der Waals surface area contributed by atoms with E-state index in [-0.39, 0.29) is 12.4 Å². The summed E-state index contributed by atoms with van der Waals surface area (Å²) in [7, 11) is 1.93. The van der Waals surface area contributed by atoms with Gasteiger partial charge < -0.3 is 19.5 Å². The van der Waals surface area contributed by atoms with Crippen LogP contribution in [0.4, 0.5) is 0 Å². The average molecular weight is 371 g/mol. The molecule has 0 aliphatic carbocycles. The fourth-order valence-electron chi connectivity index (χ4n) is 2.84. The second kappa shape index (κ2) is 10.1.